The predicted octanol–water partition coefficient (Wildman–Crippen LogP) is 3.37. The van der Waals surface area contributed by atoms with E-state index in [0.29, 0.717) is 15.6 Å². The third-order valence-corrected chi connectivity index (χ3v) is 3.69. The van der Waals surface area contributed by atoms with Crippen LogP contribution in [0.1, 0.15) is 25.6 Å². The highest BCUT2D eigenvalue weighted by atomic mass is 35.5. The molecule has 0 N–H and O–H groups in total. The lowest BCUT2D eigenvalue weighted by Gasteiger charge is -2.11. The zero-order chi connectivity index (χ0) is 14.9. The van der Waals surface area contributed by atoms with Gasteiger partial charge < -0.3 is 0 Å². The molecule has 0 unspecified atom stereocenters. The van der Waals surface area contributed by atoms with E-state index in [2.05, 4.69) is 9.98 Å². The molecule has 0 aliphatic rings. The molecule has 6 heteroatoms. The molecule has 2 aromatic heterocycles. The van der Waals surface area contributed by atoms with Crippen molar-refractivity contribution in [1.29, 1.82) is 0 Å². The van der Waals surface area contributed by atoms with Crippen molar-refractivity contribution < 1.29 is 4.79 Å². The summed E-state index contributed by atoms with van der Waals surface area (Å²) in [5, 5.41) is 0.575. The first-order chi connectivity index (χ1) is 9.27. The van der Waals surface area contributed by atoms with Crippen molar-refractivity contribution in [2.45, 2.75) is 27.7 Å². The van der Waals surface area contributed by atoms with E-state index in [9.17, 15) is 4.79 Å². The van der Waals surface area contributed by atoms with Crippen molar-refractivity contribution in [3.63, 3.8) is 0 Å². The van der Waals surface area contributed by atoms with Gasteiger partial charge in [-0.3, -0.25) is 9.36 Å². The van der Waals surface area contributed by atoms with Gasteiger partial charge in [0.25, 0.3) is 5.91 Å². The molecule has 0 atom stereocenters. The monoisotopic (exact) mass is 309 g/mol. The lowest BCUT2D eigenvalue weighted by Crippen LogP contribution is -2.23. The molecule has 0 saturated heterocycles. The highest BCUT2D eigenvalue weighted by molar-refractivity contribution is 7.09. The molecular weight excluding hydrogens is 294 g/mol. The fraction of sp³-hybridized carbons (Fsp3) is 0.357. The van der Waals surface area contributed by atoms with Gasteiger partial charge in [-0.1, -0.05) is 32.4 Å². The standard InChI is InChI=1S/C14H16ClN3OS/c1-9-8-18(11-6-5-10(15)7-16-11)13(20-9)17-12(19)14(2,3)4/h5-8H,1-4H3/b17-13-. The van der Waals surface area contributed by atoms with Crippen molar-refractivity contribution >= 4 is 28.8 Å². The van der Waals surface area contributed by atoms with E-state index in [4.69, 9.17) is 11.6 Å². The summed E-state index contributed by atoms with van der Waals surface area (Å²) >= 11 is 7.30. The van der Waals surface area contributed by atoms with E-state index in [-0.39, 0.29) is 5.91 Å². The lowest BCUT2D eigenvalue weighted by atomic mass is 9.96. The van der Waals surface area contributed by atoms with Gasteiger partial charge in [0.05, 0.1) is 5.02 Å². The second-order valence-corrected chi connectivity index (χ2v) is 7.15. The zero-order valence-electron chi connectivity index (χ0n) is 11.8. The van der Waals surface area contributed by atoms with Gasteiger partial charge in [0, 0.05) is 22.7 Å². The Morgan fingerprint density at radius 2 is 2.10 bits per heavy atom. The molecule has 0 bridgehead atoms. The van der Waals surface area contributed by atoms with Crippen molar-refractivity contribution in [1.82, 2.24) is 9.55 Å². The summed E-state index contributed by atoms with van der Waals surface area (Å²) in [6, 6.07) is 3.56. The number of pyridine rings is 1. The minimum absolute atomic E-state index is 0.151. The van der Waals surface area contributed by atoms with E-state index < -0.39 is 5.41 Å². The number of rotatable bonds is 1. The Balaban J connectivity index is 2.54. The SMILES string of the molecule is Cc1cn(-c2ccc(Cl)cn2)/c(=N/C(=O)C(C)(C)C)s1. The van der Waals surface area contributed by atoms with Crippen LogP contribution in [-0.4, -0.2) is 15.5 Å². The van der Waals surface area contributed by atoms with Crippen molar-refractivity contribution in [3.05, 3.63) is 39.2 Å². The molecule has 1 amide bonds. The largest absolute Gasteiger partial charge is 0.276 e. The first-order valence-electron chi connectivity index (χ1n) is 6.17. The molecule has 0 aliphatic carbocycles. The number of nitrogens with zero attached hydrogens (tertiary/aromatic N) is 3. The first-order valence-corrected chi connectivity index (χ1v) is 7.37. The van der Waals surface area contributed by atoms with Crippen LogP contribution in [0.25, 0.3) is 5.82 Å². The number of hydrogen-bond acceptors (Lipinski definition) is 3. The third-order valence-electron chi connectivity index (χ3n) is 2.57. The van der Waals surface area contributed by atoms with Gasteiger partial charge in [0.1, 0.15) is 5.82 Å². The minimum atomic E-state index is -0.497. The van der Waals surface area contributed by atoms with E-state index in [1.807, 2.05) is 33.9 Å². The topological polar surface area (TPSA) is 47.2 Å². The number of aryl methyl sites for hydroxylation is 1. The third kappa shape index (κ3) is 3.35. The molecule has 0 saturated carbocycles. The van der Waals surface area contributed by atoms with E-state index in [1.165, 1.54) is 11.3 Å². The second-order valence-electron chi connectivity index (χ2n) is 5.50. The number of thiazole rings is 1. The highest BCUT2D eigenvalue weighted by Crippen LogP contribution is 2.16. The Kier molecular flexibility index (Phi) is 4.11. The zero-order valence-corrected chi connectivity index (χ0v) is 13.4. The summed E-state index contributed by atoms with van der Waals surface area (Å²) in [7, 11) is 0. The lowest BCUT2D eigenvalue weighted by molar-refractivity contribution is -0.125. The van der Waals surface area contributed by atoms with E-state index in [1.54, 1.807) is 22.9 Å². The summed E-state index contributed by atoms with van der Waals surface area (Å²) in [6.07, 6.45) is 3.49. The number of carbonyl (C=O) groups is 1. The molecular formula is C14H16ClN3OS. The van der Waals surface area contributed by atoms with Crippen LogP contribution in [0.3, 0.4) is 0 Å². The van der Waals surface area contributed by atoms with Gasteiger partial charge in [-0.25, -0.2) is 4.98 Å². The molecule has 2 aromatic rings. The molecule has 106 valence electrons. The van der Waals surface area contributed by atoms with Crippen LogP contribution in [-0.2, 0) is 4.79 Å². The summed E-state index contributed by atoms with van der Waals surface area (Å²) < 4.78 is 1.81. The predicted molar refractivity (Wildman–Crippen MR) is 81.2 cm³/mol. The number of amides is 1. The quantitative estimate of drug-likeness (QED) is 0.811. The number of aromatic nitrogens is 2. The number of carbonyl (C=O) groups excluding carboxylic acids is 1. The summed E-state index contributed by atoms with van der Waals surface area (Å²) in [5.74, 6) is 0.543. The van der Waals surface area contributed by atoms with Crippen molar-refractivity contribution in [2.75, 3.05) is 0 Å². The Morgan fingerprint density at radius 1 is 1.40 bits per heavy atom. The average Bonchev–Trinajstić information content (AvgIpc) is 2.70. The summed E-state index contributed by atoms with van der Waals surface area (Å²) in [5.41, 5.74) is -0.497. The van der Waals surface area contributed by atoms with Crippen molar-refractivity contribution in [3.8, 4) is 5.82 Å². The Bertz CT molecular complexity index is 692. The molecule has 0 fully saturated rings. The van der Waals surface area contributed by atoms with Crippen molar-refractivity contribution in [2.24, 2.45) is 10.4 Å². The number of hydrogen-bond donors (Lipinski definition) is 0. The van der Waals surface area contributed by atoms with Crippen LogP contribution in [0.5, 0.6) is 0 Å². The molecule has 0 aromatic carbocycles. The van der Waals surface area contributed by atoms with E-state index >= 15 is 0 Å². The Morgan fingerprint density at radius 3 is 2.65 bits per heavy atom. The van der Waals surface area contributed by atoms with Gasteiger partial charge in [-0.15, -0.1) is 11.3 Å². The van der Waals surface area contributed by atoms with Crippen LogP contribution in [0.4, 0.5) is 0 Å². The fourth-order valence-corrected chi connectivity index (χ4v) is 2.39. The van der Waals surface area contributed by atoms with Crippen LogP contribution in [0.15, 0.2) is 29.5 Å². The van der Waals surface area contributed by atoms with Gasteiger partial charge in [0.15, 0.2) is 4.80 Å². The first kappa shape index (κ1) is 14.9. The molecule has 0 aliphatic heterocycles. The fourth-order valence-electron chi connectivity index (χ4n) is 1.46. The second kappa shape index (κ2) is 5.50. The van der Waals surface area contributed by atoms with Crippen LogP contribution < -0.4 is 4.80 Å². The van der Waals surface area contributed by atoms with Gasteiger partial charge in [-0.2, -0.15) is 4.99 Å². The van der Waals surface area contributed by atoms with Gasteiger partial charge >= 0.3 is 0 Å². The van der Waals surface area contributed by atoms with Crippen LogP contribution in [0, 0.1) is 12.3 Å². The molecule has 2 heterocycles. The highest BCUT2D eigenvalue weighted by Gasteiger charge is 2.21. The normalized spacial score (nSPS) is 12.8. The van der Waals surface area contributed by atoms with Crippen LogP contribution >= 0.6 is 22.9 Å². The molecule has 20 heavy (non-hydrogen) atoms. The molecule has 4 nitrogen and oxygen atoms in total. The van der Waals surface area contributed by atoms with Crippen LogP contribution in [0.2, 0.25) is 5.02 Å². The molecule has 2 rings (SSSR count). The number of halogens is 1. The molecule has 0 radical (unpaired) electrons. The molecule has 0 spiro atoms. The Labute approximate surface area is 126 Å². The maximum atomic E-state index is 12.1. The Hall–Kier alpha value is -1.46. The average molecular weight is 310 g/mol. The van der Waals surface area contributed by atoms with Gasteiger partial charge in [0.2, 0.25) is 0 Å². The minimum Gasteiger partial charge on any atom is -0.276 e. The maximum absolute atomic E-state index is 12.1. The summed E-state index contributed by atoms with van der Waals surface area (Å²) in [6.45, 7) is 7.52. The summed E-state index contributed by atoms with van der Waals surface area (Å²) in [4.78, 5) is 22.2. The van der Waals surface area contributed by atoms with E-state index in [0.717, 1.165) is 4.88 Å². The van der Waals surface area contributed by atoms with Gasteiger partial charge in [-0.05, 0) is 19.1 Å². The maximum Gasteiger partial charge on any atom is 0.253 e. The smallest absolute Gasteiger partial charge is 0.253 e.